The molecule has 86 valence electrons. The van der Waals surface area contributed by atoms with Crippen molar-refractivity contribution in [2.24, 2.45) is 5.29 Å². The number of amides is 2. The second-order valence-corrected chi connectivity index (χ2v) is 3.30. The Labute approximate surface area is 103 Å². The van der Waals surface area contributed by atoms with E-state index in [1.807, 2.05) is 0 Å². The number of carbonyl (C=O) groups is 1. The maximum Gasteiger partial charge on any atom is 0.340 e. The summed E-state index contributed by atoms with van der Waals surface area (Å²) in [5.74, 6) is -0.0198. The fourth-order valence-electron chi connectivity index (χ4n) is 1.09. The lowest BCUT2D eigenvalue weighted by Gasteiger charge is -2.24. The van der Waals surface area contributed by atoms with E-state index >= 15 is 0 Å². The molecule has 2 amide bonds. The van der Waals surface area contributed by atoms with E-state index in [1.54, 1.807) is 0 Å². The number of rotatable bonds is 4. The highest BCUT2D eigenvalue weighted by molar-refractivity contribution is 6.18. The van der Waals surface area contributed by atoms with E-state index in [4.69, 9.17) is 19.8 Å². The molecule has 15 heavy (non-hydrogen) atoms. The Morgan fingerprint density at radius 3 is 2.73 bits per heavy atom. The summed E-state index contributed by atoms with van der Waals surface area (Å²) in [5, 5.41) is 5.28. The van der Waals surface area contributed by atoms with Crippen LogP contribution < -0.4 is 5.32 Å². The van der Waals surface area contributed by atoms with Crippen LogP contribution in [-0.4, -0.2) is 29.5 Å². The summed E-state index contributed by atoms with van der Waals surface area (Å²) in [6.45, 7) is -0.135. The molecule has 0 aromatic heterocycles. The molecule has 1 saturated carbocycles. The van der Waals surface area contributed by atoms with Crippen molar-refractivity contribution in [2.45, 2.75) is 38.0 Å². The predicted octanol–water partition coefficient (Wildman–Crippen LogP) is 2.25. The molecule has 5 nitrogen and oxygen atoms in total. The van der Waals surface area contributed by atoms with Crippen molar-refractivity contribution >= 4 is 17.6 Å². The van der Waals surface area contributed by atoms with Gasteiger partial charge in [0.25, 0.3) is 0 Å². The standard InChI is InChI=1S/C9H16ClN3O2/c10-6-7-13(12-15)9(14)11-8-4-2-1-3-5-8/h8H,1-7H2,(H,11,14)/i1D2,2D2,3D2. The van der Waals surface area contributed by atoms with Crippen LogP contribution >= 0.6 is 11.6 Å². The Morgan fingerprint density at radius 2 is 2.20 bits per heavy atom. The minimum Gasteiger partial charge on any atom is -0.334 e. The maximum atomic E-state index is 11.7. The Kier molecular flexibility index (Phi) is 2.66. The van der Waals surface area contributed by atoms with E-state index in [1.165, 1.54) is 0 Å². The lowest BCUT2D eigenvalue weighted by molar-refractivity contribution is 0.194. The third-order valence-corrected chi connectivity index (χ3v) is 2.00. The highest BCUT2D eigenvalue weighted by Crippen LogP contribution is 2.17. The summed E-state index contributed by atoms with van der Waals surface area (Å²) in [6, 6.07) is -1.87. The molecule has 0 spiro atoms. The largest absolute Gasteiger partial charge is 0.340 e. The van der Waals surface area contributed by atoms with Crippen molar-refractivity contribution in [3.8, 4) is 0 Å². The van der Waals surface area contributed by atoms with E-state index in [9.17, 15) is 9.70 Å². The van der Waals surface area contributed by atoms with Gasteiger partial charge >= 0.3 is 6.03 Å². The molecule has 0 unspecified atom stereocenters. The van der Waals surface area contributed by atoms with Gasteiger partial charge in [0.05, 0.1) is 11.8 Å². The Bertz CT molecular complexity index is 402. The van der Waals surface area contributed by atoms with Gasteiger partial charge in [-0.2, -0.15) is 5.01 Å². The highest BCUT2D eigenvalue weighted by atomic mass is 35.5. The molecule has 0 aliphatic heterocycles. The molecular formula is C9H16ClN3O2. The minimum absolute atomic E-state index is 0.0198. The van der Waals surface area contributed by atoms with Gasteiger partial charge in [0.1, 0.15) is 0 Å². The minimum atomic E-state index is -2.68. The maximum absolute atomic E-state index is 11.7. The average molecular weight is 240 g/mol. The molecule has 1 aliphatic carbocycles. The quantitative estimate of drug-likeness (QED) is 0.465. The number of hydrogen-bond donors (Lipinski definition) is 1. The molecule has 6 heteroatoms. The summed E-state index contributed by atoms with van der Waals surface area (Å²) in [5.41, 5.74) is 0. The summed E-state index contributed by atoms with van der Waals surface area (Å²) < 4.78 is 45.9. The van der Waals surface area contributed by atoms with Crippen LogP contribution in [0.5, 0.6) is 0 Å². The Morgan fingerprint density at radius 1 is 1.53 bits per heavy atom. The van der Waals surface area contributed by atoms with Crippen LogP contribution in [0.1, 0.15) is 40.2 Å². The van der Waals surface area contributed by atoms with Gasteiger partial charge in [0, 0.05) is 20.1 Å². The molecule has 0 heterocycles. The molecule has 0 saturated heterocycles. The van der Waals surface area contributed by atoms with Crippen LogP contribution in [0.2, 0.25) is 0 Å². The average Bonchev–Trinajstić information content (AvgIpc) is 2.32. The number of urea groups is 1. The normalized spacial score (nSPS) is 33.1. The molecule has 1 N–H and O–H groups in total. The van der Waals surface area contributed by atoms with Crippen molar-refractivity contribution < 1.29 is 13.0 Å². The third-order valence-electron chi connectivity index (χ3n) is 1.83. The van der Waals surface area contributed by atoms with Gasteiger partial charge in [-0.15, -0.1) is 16.5 Å². The topological polar surface area (TPSA) is 61.8 Å². The van der Waals surface area contributed by atoms with Gasteiger partial charge in [0.15, 0.2) is 0 Å². The van der Waals surface area contributed by atoms with Gasteiger partial charge < -0.3 is 5.32 Å². The lowest BCUT2D eigenvalue weighted by Crippen LogP contribution is -2.43. The van der Waals surface area contributed by atoms with E-state index in [0.29, 0.717) is 5.01 Å². The van der Waals surface area contributed by atoms with Crippen molar-refractivity contribution in [2.75, 3.05) is 12.4 Å². The first kappa shape index (κ1) is 6.03. The fraction of sp³-hybridized carbons (Fsp3) is 0.889. The van der Waals surface area contributed by atoms with Gasteiger partial charge in [-0.05, 0) is 12.8 Å². The molecule has 0 bridgehead atoms. The molecule has 1 rings (SSSR count). The van der Waals surface area contributed by atoms with Gasteiger partial charge in [-0.3, -0.25) is 0 Å². The van der Waals surface area contributed by atoms with Crippen molar-refractivity contribution in [3.63, 3.8) is 0 Å². The summed E-state index contributed by atoms with van der Waals surface area (Å²) in [6.07, 6.45) is -8.41. The number of halogens is 1. The molecule has 0 aromatic carbocycles. The van der Waals surface area contributed by atoms with Crippen molar-refractivity contribution in [3.05, 3.63) is 4.91 Å². The van der Waals surface area contributed by atoms with Gasteiger partial charge in [-0.1, -0.05) is 19.1 Å². The molecular weight excluding hydrogens is 218 g/mol. The number of hydrogen-bond acceptors (Lipinski definition) is 3. The van der Waals surface area contributed by atoms with Crippen LogP contribution in [0.3, 0.4) is 0 Å². The second kappa shape index (κ2) is 6.61. The van der Waals surface area contributed by atoms with Crippen LogP contribution in [-0.2, 0) is 0 Å². The van der Waals surface area contributed by atoms with Crippen LogP contribution in [0.25, 0.3) is 0 Å². The van der Waals surface area contributed by atoms with Crippen LogP contribution in [0.4, 0.5) is 4.79 Å². The lowest BCUT2D eigenvalue weighted by atomic mass is 9.96. The van der Waals surface area contributed by atoms with Crippen molar-refractivity contribution in [1.29, 1.82) is 0 Å². The van der Waals surface area contributed by atoms with E-state index in [-0.39, 0.29) is 12.4 Å². The van der Waals surface area contributed by atoms with Crippen LogP contribution in [0.15, 0.2) is 5.29 Å². The summed E-state index contributed by atoms with van der Waals surface area (Å²) in [7, 11) is 0. The van der Waals surface area contributed by atoms with E-state index in [0.717, 1.165) is 0 Å². The molecule has 0 aromatic rings. The zero-order valence-electron chi connectivity index (χ0n) is 14.0. The van der Waals surface area contributed by atoms with E-state index < -0.39 is 44.0 Å². The predicted molar refractivity (Wildman–Crippen MR) is 58.6 cm³/mol. The number of nitrogens with zero attached hydrogens (tertiary/aromatic N) is 2. The summed E-state index contributed by atoms with van der Waals surface area (Å²) in [4.78, 5) is 22.2. The number of alkyl halides is 1. The zero-order valence-corrected chi connectivity index (χ0v) is 8.75. The number of nitrogens with one attached hydrogen (secondary N) is 1. The first-order valence-corrected chi connectivity index (χ1v) is 4.99. The van der Waals surface area contributed by atoms with Crippen LogP contribution in [0, 0.1) is 4.91 Å². The third kappa shape index (κ3) is 4.03. The SMILES string of the molecule is [2H]C1([2H])CC(NC(=O)N(CCCl)N=O)CC([2H])([2H])C1([2H])[2H]. The molecule has 0 atom stereocenters. The highest BCUT2D eigenvalue weighted by Gasteiger charge is 2.19. The molecule has 1 aliphatic rings. The Hall–Kier alpha value is -0.840. The molecule has 0 radical (unpaired) electrons. The molecule has 1 fully saturated rings. The second-order valence-electron chi connectivity index (χ2n) is 2.93. The smallest absolute Gasteiger partial charge is 0.334 e. The summed E-state index contributed by atoms with van der Waals surface area (Å²) >= 11 is 5.40. The fourth-order valence-corrected chi connectivity index (χ4v) is 1.25. The first-order valence-electron chi connectivity index (χ1n) is 7.46. The number of carbonyl (C=O) groups excluding carboxylic acids is 1. The van der Waals surface area contributed by atoms with Gasteiger partial charge in [-0.25, -0.2) is 4.79 Å². The van der Waals surface area contributed by atoms with E-state index in [2.05, 4.69) is 10.6 Å². The monoisotopic (exact) mass is 239 g/mol. The number of nitroso groups, excluding NO2 is 1. The zero-order chi connectivity index (χ0) is 16.5. The van der Waals surface area contributed by atoms with Gasteiger partial charge in [0.2, 0.25) is 0 Å². The first-order chi connectivity index (χ1) is 9.48. The Balaban J connectivity index is 2.83. The van der Waals surface area contributed by atoms with Crippen molar-refractivity contribution in [1.82, 2.24) is 10.3 Å².